The standard InChI is InChI=1S/C16H22N2/c1-5-12-6-7-15-14(9-12)16(17-4)10-13(18-15)8-11(2)3/h6-7,9-11H,5,8H2,1-4H3,(H,17,18). The zero-order chi connectivity index (χ0) is 13.1. The van der Waals surface area contributed by atoms with Crippen LogP contribution in [0.15, 0.2) is 24.3 Å². The molecule has 1 heterocycles. The number of hydrogen-bond donors (Lipinski definition) is 1. The molecule has 1 aromatic carbocycles. The van der Waals surface area contributed by atoms with Gasteiger partial charge in [-0.05, 0) is 42.5 Å². The highest BCUT2D eigenvalue weighted by Crippen LogP contribution is 2.25. The number of fused-ring (bicyclic) bond motifs is 1. The van der Waals surface area contributed by atoms with Gasteiger partial charge in [-0.25, -0.2) is 0 Å². The van der Waals surface area contributed by atoms with E-state index in [9.17, 15) is 0 Å². The second-order valence-corrected chi connectivity index (χ2v) is 5.21. The lowest BCUT2D eigenvalue weighted by molar-refractivity contribution is 0.637. The van der Waals surface area contributed by atoms with Gasteiger partial charge in [-0.15, -0.1) is 0 Å². The van der Waals surface area contributed by atoms with Crippen molar-refractivity contribution in [3.63, 3.8) is 0 Å². The Hall–Kier alpha value is -1.57. The molecule has 2 heteroatoms. The summed E-state index contributed by atoms with van der Waals surface area (Å²) in [5.74, 6) is 0.634. The number of hydrogen-bond acceptors (Lipinski definition) is 2. The van der Waals surface area contributed by atoms with Crippen LogP contribution in [0, 0.1) is 5.92 Å². The number of aromatic nitrogens is 1. The van der Waals surface area contributed by atoms with E-state index < -0.39 is 0 Å². The molecule has 2 nitrogen and oxygen atoms in total. The molecule has 0 aliphatic heterocycles. The monoisotopic (exact) mass is 242 g/mol. The molecular formula is C16H22N2. The van der Waals surface area contributed by atoms with Crippen molar-refractivity contribution in [3.05, 3.63) is 35.5 Å². The van der Waals surface area contributed by atoms with Crippen LogP contribution in [0.3, 0.4) is 0 Å². The molecule has 0 spiro atoms. The first kappa shape index (κ1) is 12.9. The number of nitrogens with zero attached hydrogens (tertiary/aromatic N) is 1. The summed E-state index contributed by atoms with van der Waals surface area (Å²) in [5.41, 5.74) is 4.81. The Kier molecular flexibility index (Phi) is 3.85. The normalized spacial score (nSPS) is 11.2. The van der Waals surface area contributed by atoms with Crippen LogP contribution in [0.4, 0.5) is 5.69 Å². The third-order valence-electron chi connectivity index (χ3n) is 3.22. The van der Waals surface area contributed by atoms with E-state index in [1.165, 1.54) is 22.3 Å². The summed E-state index contributed by atoms with van der Waals surface area (Å²) in [5, 5.41) is 4.52. The van der Waals surface area contributed by atoms with Crippen LogP contribution in [0.5, 0.6) is 0 Å². The van der Waals surface area contributed by atoms with Crippen LogP contribution >= 0.6 is 0 Å². The van der Waals surface area contributed by atoms with Gasteiger partial charge in [0.25, 0.3) is 0 Å². The van der Waals surface area contributed by atoms with E-state index >= 15 is 0 Å². The fourth-order valence-electron chi connectivity index (χ4n) is 2.28. The van der Waals surface area contributed by atoms with Gasteiger partial charge in [0, 0.05) is 23.8 Å². The summed E-state index contributed by atoms with van der Waals surface area (Å²) < 4.78 is 0. The summed E-state index contributed by atoms with van der Waals surface area (Å²) >= 11 is 0. The first-order valence-electron chi connectivity index (χ1n) is 6.74. The maximum Gasteiger partial charge on any atom is 0.0726 e. The van der Waals surface area contributed by atoms with Gasteiger partial charge in [0.1, 0.15) is 0 Å². The lowest BCUT2D eigenvalue weighted by Crippen LogP contribution is -2.00. The highest BCUT2D eigenvalue weighted by Gasteiger charge is 2.07. The highest BCUT2D eigenvalue weighted by molar-refractivity contribution is 5.91. The second kappa shape index (κ2) is 5.38. The summed E-state index contributed by atoms with van der Waals surface area (Å²) in [4.78, 5) is 4.76. The Balaban J connectivity index is 2.55. The van der Waals surface area contributed by atoms with E-state index in [0.717, 1.165) is 18.4 Å². The Morgan fingerprint density at radius 2 is 2.00 bits per heavy atom. The highest BCUT2D eigenvalue weighted by atomic mass is 14.8. The molecule has 0 aliphatic rings. The molecule has 2 aromatic rings. The number of pyridine rings is 1. The van der Waals surface area contributed by atoms with Gasteiger partial charge in [-0.2, -0.15) is 0 Å². The van der Waals surface area contributed by atoms with Crippen molar-refractivity contribution in [3.8, 4) is 0 Å². The van der Waals surface area contributed by atoms with Gasteiger partial charge in [0.15, 0.2) is 0 Å². The molecule has 1 N–H and O–H groups in total. The molecule has 0 fully saturated rings. The molecule has 2 rings (SSSR count). The van der Waals surface area contributed by atoms with Crippen LogP contribution in [-0.2, 0) is 12.8 Å². The van der Waals surface area contributed by atoms with Crippen molar-refractivity contribution in [2.75, 3.05) is 12.4 Å². The lowest BCUT2D eigenvalue weighted by atomic mass is 10.0. The molecule has 0 saturated heterocycles. The average Bonchev–Trinajstić information content (AvgIpc) is 2.36. The van der Waals surface area contributed by atoms with Gasteiger partial charge < -0.3 is 5.32 Å². The van der Waals surface area contributed by atoms with Crippen LogP contribution in [0.1, 0.15) is 32.0 Å². The van der Waals surface area contributed by atoms with E-state index in [2.05, 4.69) is 50.4 Å². The fraction of sp³-hybridized carbons (Fsp3) is 0.438. The molecule has 0 atom stereocenters. The molecule has 0 unspecified atom stereocenters. The Morgan fingerprint density at radius 3 is 2.61 bits per heavy atom. The predicted octanol–water partition coefficient (Wildman–Crippen LogP) is 4.04. The van der Waals surface area contributed by atoms with Crippen molar-refractivity contribution in [2.45, 2.75) is 33.6 Å². The molecule has 0 saturated carbocycles. The van der Waals surface area contributed by atoms with E-state index in [1.54, 1.807) is 0 Å². The first-order valence-corrected chi connectivity index (χ1v) is 6.74. The van der Waals surface area contributed by atoms with Crippen molar-refractivity contribution in [2.24, 2.45) is 5.92 Å². The van der Waals surface area contributed by atoms with Gasteiger partial charge in [-0.3, -0.25) is 4.98 Å². The Bertz CT molecular complexity index is 544. The number of nitrogens with one attached hydrogen (secondary N) is 1. The largest absolute Gasteiger partial charge is 0.388 e. The maximum absolute atomic E-state index is 4.76. The lowest BCUT2D eigenvalue weighted by Gasteiger charge is -2.11. The summed E-state index contributed by atoms with van der Waals surface area (Å²) in [6, 6.07) is 8.74. The molecule has 0 amide bonds. The van der Waals surface area contributed by atoms with Crippen molar-refractivity contribution in [1.29, 1.82) is 0 Å². The Labute approximate surface area is 109 Å². The number of benzene rings is 1. The number of aryl methyl sites for hydroxylation is 1. The minimum absolute atomic E-state index is 0.634. The molecule has 0 bridgehead atoms. The molecule has 0 radical (unpaired) electrons. The smallest absolute Gasteiger partial charge is 0.0726 e. The molecule has 0 aliphatic carbocycles. The van der Waals surface area contributed by atoms with Gasteiger partial charge >= 0.3 is 0 Å². The SMILES string of the molecule is CCc1ccc2nc(CC(C)C)cc(NC)c2c1. The van der Waals surface area contributed by atoms with E-state index in [-0.39, 0.29) is 0 Å². The molecule has 1 aromatic heterocycles. The van der Waals surface area contributed by atoms with Gasteiger partial charge in [-0.1, -0.05) is 26.8 Å². The topological polar surface area (TPSA) is 24.9 Å². The minimum atomic E-state index is 0.634. The van der Waals surface area contributed by atoms with Crippen molar-refractivity contribution < 1.29 is 0 Å². The number of anilines is 1. The predicted molar refractivity (Wildman–Crippen MR) is 79.2 cm³/mol. The second-order valence-electron chi connectivity index (χ2n) is 5.21. The molecule has 18 heavy (non-hydrogen) atoms. The van der Waals surface area contributed by atoms with Crippen LogP contribution < -0.4 is 5.32 Å². The summed E-state index contributed by atoms with van der Waals surface area (Å²) in [6.07, 6.45) is 2.09. The quantitative estimate of drug-likeness (QED) is 0.875. The van der Waals surface area contributed by atoms with E-state index in [0.29, 0.717) is 5.92 Å². The number of rotatable bonds is 4. The van der Waals surface area contributed by atoms with Crippen LogP contribution in [0.2, 0.25) is 0 Å². The van der Waals surface area contributed by atoms with Crippen LogP contribution in [0.25, 0.3) is 10.9 Å². The van der Waals surface area contributed by atoms with Gasteiger partial charge in [0.2, 0.25) is 0 Å². The molecule has 96 valence electrons. The minimum Gasteiger partial charge on any atom is -0.388 e. The zero-order valence-corrected chi connectivity index (χ0v) is 11.7. The third-order valence-corrected chi connectivity index (χ3v) is 3.22. The summed E-state index contributed by atoms with van der Waals surface area (Å²) in [6.45, 7) is 6.64. The van der Waals surface area contributed by atoms with Gasteiger partial charge in [0.05, 0.1) is 5.52 Å². The molecular weight excluding hydrogens is 220 g/mol. The van der Waals surface area contributed by atoms with Crippen LogP contribution in [-0.4, -0.2) is 12.0 Å². The van der Waals surface area contributed by atoms with E-state index in [1.807, 2.05) is 7.05 Å². The Morgan fingerprint density at radius 1 is 1.22 bits per heavy atom. The van der Waals surface area contributed by atoms with Crippen molar-refractivity contribution >= 4 is 16.6 Å². The van der Waals surface area contributed by atoms with E-state index in [4.69, 9.17) is 4.98 Å². The van der Waals surface area contributed by atoms with Crippen molar-refractivity contribution in [1.82, 2.24) is 4.98 Å². The maximum atomic E-state index is 4.76. The summed E-state index contributed by atoms with van der Waals surface area (Å²) in [7, 11) is 1.98. The average molecular weight is 242 g/mol. The third kappa shape index (κ3) is 2.63. The fourth-order valence-corrected chi connectivity index (χ4v) is 2.28. The zero-order valence-electron chi connectivity index (χ0n) is 11.7. The first-order chi connectivity index (χ1) is 8.63.